The molecule has 8 nitrogen and oxygen atoms in total. The summed E-state index contributed by atoms with van der Waals surface area (Å²) < 4.78 is 11.3. The zero-order valence-electron chi connectivity index (χ0n) is 20.3. The fourth-order valence-electron chi connectivity index (χ4n) is 4.48. The number of pyridine rings is 1. The molecule has 0 amide bonds. The number of H-pyrrole nitrogens is 1. The van der Waals surface area contributed by atoms with E-state index >= 15 is 0 Å². The molecule has 1 N–H and O–H groups in total. The lowest BCUT2D eigenvalue weighted by atomic mass is 9.89. The minimum atomic E-state index is -0.546. The van der Waals surface area contributed by atoms with Crippen LogP contribution in [-0.4, -0.2) is 34.2 Å². The van der Waals surface area contributed by atoms with Crippen molar-refractivity contribution >= 4 is 39.4 Å². The van der Waals surface area contributed by atoms with Gasteiger partial charge in [0, 0.05) is 16.6 Å². The van der Waals surface area contributed by atoms with Crippen molar-refractivity contribution in [2.24, 2.45) is 5.92 Å². The zero-order valence-corrected chi connectivity index (χ0v) is 21.0. The molecule has 1 aliphatic rings. The summed E-state index contributed by atoms with van der Waals surface area (Å²) >= 11 is 5.98. The molecule has 1 fully saturated rings. The van der Waals surface area contributed by atoms with E-state index in [-0.39, 0.29) is 11.9 Å². The number of para-hydroxylation sites is 1. The number of nitrogens with zero attached hydrogens (tertiary/aromatic N) is 2. The highest BCUT2D eigenvalue weighted by Gasteiger charge is 2.21. The molecule has 9 heteroatoms. The van der Waals surface area contributed by atoms with Gasteiger partial charge in [0.05, 0.1) is 36.2 Å². The fourth-order valence-corrected chi connectivity index (χ4v) is 4.67. The molecule has 0 radical (unpaired) electrons. The number of ether oxygens (including phenoxy) is 2. The van der Waals surface area contributed by atoms with E-state index in [1.807, 2.05) is 6.92 Å². The normalized spacial score (nSPS) is 13.8. The van der Waals surface area contributed by atoms with Crippen molar-refractivity contribution in [3.8, 4) is 11.4 Å². The average Bonchev–Trinajstić information content (AvgIpc) is 2.89. The molecule has 4 aromatic rings. The molecule has 1 saturated carbocycles. The first-order valence-electron chi connectivity index (χ1n) is 12.0. The number of fused-ring (bicyclic) bond motifs is 3. The van der Waals surface area contributed by atoms with Crippen LogP contribution in [0.5, 0.6) is 5.75 Å². The molecule has 0 aliphatic heterocycles. The summed E-state index contributed by atoms with van der Waals surface area (Å²) in [6.45, 7) is 2.38. The maximum atomic E-state index is 12.9. The van der Waals surface area contributed by atoms with Crippen LogP contribution in [0.25, 0.3) is 27.5 Å². The van der Waals surface area contributed by atoms with Gasteiger partial charge < -0.3 is 14.5 Å². The molecule has 0 atom stereocenters. The minimum Gasteiger partial charge on any atom is -0.494 e. The lowest BCUT2D eigenvalue weighted by Gasteiger charge is -2.19. The van der Waals surface area contributed by atoms with E-state index in [1.54, 1.807) is 49.6 Å². The summed E-state index contributed by atoms with van der Waals surface area (Å²) in [5, 5.41) is 1.38. The summed E-state index contributed by atoms with van der Waals surface area (Å²) in [6.07, 6.45) is 7.21. The number of carbonyl (C=O) groups is 1. The van der Waals surface area contributed by atoms with Gasteiger partial charge in [-0.15, -0.1) is 0 Å². The van der Waals surface area contributed by atoms with Crippen molar-refractivity contribution in [1.29, 1.82) is 0 Å². The van der Waals surface area contributed by atoms with E-state index in [0.29, 0.717) is 44.9 Å². The van der Waals surface area contributed by atoms with Crippen molar-refractivity contribution in [3.05, 3.63) is 74.5 Å². The first-order valence-corrected chi connectivity index (χ1v) is 12.4. The highest BCUT2D eigenvalue weighted by atomic mass is 35.5. The summed E-state index contributed by atoms with van der Waals surface area (Å²) in [7, 11) is 1.54. The van der Waals surface area contributed by atoms with E-state index in [9.17, 15) is 14.4 Å². The Hall–Kier alpha value is -3.65. The van der Waals surface area contributed by atoms with Gasteiger partial charge in [-0.2, -0.15) is 0 Å². The number of benzene rings is 2. The minimum absolute atomic E-state index is 0.0206. The van der Waals surface area contributed by atoms with Crippen molar-refractivity contribution in [1.82, 2.24) is 14.5 Å². The molecule has 188 valence electrons. The predicted octanol–water partition coefficient (Wildman–Crippen LogP) is 5.02. The highest BCUT2D eigenvalue weighted by Crippen LogP contribution is 2.27. The number of methoxy groups -OCH3 is 1. The molecule has 5 rings (SSSR count). The van der Waals surface area contributed by atoms with Crippen molar-refractivity contribution in [2.45, 2.75) is 39.0 Å². The Morgan fingerprint density at radius 1 is 1.11 bits per heavy atom. The number of carbonyl (C=O) groups excluding carboxylic acids is 1. The number of rotatable bonds is 4. The third kappa shape index (κ3) is 5.28. The first-order chi connectivity index (χ1) is 17.4. The monoisotopic (exact) mass is 509 g/mol. The number of esters is 1. The van der Waals surface area contributed by atoms with Crippen LogP contribution in [0.1, 0.15) is 39.0 Å². The van der Waals surface area contributed by atoms with Crippen LogP contribution in [0.4, 0.5) is 0 Å². The zero-order chi connectivity index (χ0) is 25.7. The summed E-state index contributed by atoms with van der Waals surface area (Å²) in [6, 6.07) is 11.9. The summed E-state index contributed by atoms with van der Waals surface area (Å²) in [4.78, 5) is 43.8. The fraction of sp³-hybridized carbons (Fsp3) is 0.333. The third-order valence-corrected chi connectivity index (χ3v) is 6.48. The van der Waals surface area contributed by atoms with E-state index in [2.05, 4.69) is 9.97 Å². The van der Waals surface area contributed by atoms with E-state index in [4.69, 9.17) is 21.1 Å². The number of halogens is 1. The Morgan fingerprint density at radius 3 is 2.56 bits per heavy atom. The third-order valence-electron chi connectivity index (χ3n) is 6.24. The number of aromatic amines is 1. The standard InChI is InChI=1S/C18H12ClN3O3.C9H16O2/c1-25-14-7-3-6-12-15-13(9-20-16(12)14)17(23)22(18(24)21-15)11-5-2-4-10(19)8-11;1-2-11-9(10)8-6-4-3-5-7-8/h2-9H,1H3,(H,21,24);8H,2-7H2,1H3. The lowest BCUT2D eigenvalue weighted by Crippen LogP contribution is -2.33. The molecular formula is C27H28ClN3O5. The van der Waals surface area contributed by atoms with Gasteiger partial charge in [0.25, 0.3) is 5.56 Å². The molecule has 1 aliphatic carbocycles. The van der Waals surface area contributed by atoms with Gasteiger partial charge in [-0.3, -0.25) is 14.6 Å². The summed E-state index contributed by atoms with van der Waals surface area (Å²) in [5.74, 6) is 0.801. The van der Waals surface area contributed by atoms with Gasteiger partial charge >= 0.3 is 11.7 Å². The Balaban J connectivity index is 0.000000233. The van der Waals surface area contributed by atoms with Crippen LogP contribution >= 0.6 is 11.6 Å². The van der Waals surface area contributed by atoms with Crippen LogP contribution < -0.4 is 16.0 Å². The summed E-state index contributed by atoms with van der Waals surface area (Å²) in [5.41, 5.74) is 0.393. The van der Waals surface area contributed by atoms with Gasteiger partial charge in [-0.1, -0.05) is 49.1 Å². The van der Waals surface area contributed by atoms with Crippen LogP contribution in [0.3, 0.4) is 0 Å². The Bertz CT molecular complexity index is 1510. The van der Waals surface area contributed by atoms with Gasteiger partial charge in [0.15, 0.2) is 0 Å². The topological polar surface area (TPSA) is 103 Å². The second kappa shape index (κ2) is 11.4. The molecule has 36 heavy (non-hydrogen) atoms. The van der Waals surface area contributed by atoms with Crippen LogP contribution in [-0.2, 0) is 9.53 Å². The van der Waals surface area contributed by atoms with Gasteiger partial charge in [0.2, 0.25) is 0 Å². The molecular weight excluding hydrogens is 482 g/mol. The number of hydrogen-bond acceptors (Lipinski definition) is 6. The average molecular weight is 510 g/mol. The number of aromatic nitrogens is 3. The SMILES string of the molecule is CCOC(=O)C1CCCCC1.COc1cccc2c1ncc1c(=O)n(-c3cccc(Cl)c3)c(=O)[nH]c12. The maximum Gasteiger partial charge on any atom is 0.333 e. The van der Waals surface area contributed by atoms with Crippen molar-refractivity contribution in [3.63, 3.8) is 0 Å². The lowest BCUT2D eigenvalue weighted by molar-refractivity contribution is -0.149. The van der Waals surface area contributed by atoms with Gasteiger partial charge in [-0.05, 0) is 44.0 Å². The smallest absolute Gasteiger partial charge is 0.333 e. The number of hydrogen-bond donors (Lipinski definition) is 1. The Labute approximate surface area is 212 Å². The molecule has 0 unspecified atom stereocenters. The second-order valence-corrected chi connectivity index (χ2v) is 8.98. The number of nitrogens with one attached hydrogen (secondary N) is 1. The molecule has 2 aromatic carbocycles. The van der Waals surface area contributed by atoms with Crippen LogP contribution in [0.2, 0.25) is 5.02 Å². The molecule has 2 heterocycles. The van der Waals surface area contributed by atoms with Crippen LogP contribution in [0, 0.1) is 5.92 Å². The quantitative estimate of drug-likeness (QED) is 0.306. The maximum absolute atomic E-state index is 12.9. The predicted molar refractivity (Wildman–Crippen MR) is 140 cm³/mol. The second-order valence-electron chi connectivity index (χ2n) is 8.54. The Morgan fingerprint density at radius 2 is 1.86 bits per heavy atom. The van der Waals surface area contributed by atoms with E-state index < -0.39 is 11.2 Å². The van der Waals surface area contributed by atoms with Crippen LogP contribution in [0.15, 0.2) is 58.3 Å². The molecule has 0 saturated heterocycles. The van der Waals surface area contributed by atoms with E-state index in [1.165, 1.54) is 25.5 Å². The molecule has 2 aromatic heterocycles. The van der Waals surface area contributed by atoms with Gasteiger partial charge in [-0.25, -0.2) is 9.36 Å². The van der Waals surface area contributed by atoms with Crippen molar-refractivity contribution < 1.29 is 14.3 Å². The largest absolute Gasteiger partial charge is 0.494 e. The van der Waals surface area contributed by atoms with Gasteiger partial charge in [0.1, 0.15) is 11.3 Å². The first kappa shape index (κ1) is 25.4. The van der Waals surface area contributed by atoms with Crippen molar-refractivity contribution in [2.75, 3.05) is 13.7 Å². The molecule has 0 spiro atoms. The molecule has 0 bridgehead atoms. The highest BCUT2D eigenvalue weighted by molar-refractivity contribution is 6.30. The Kier molecular flexibility index (Phi) is 8.05. The van der Waals surface area contributed by atoms with E-state index in [0.717, 1.165) is 17.4 Å².